The molecule has 0 saturated heterocycles. The molecule has 0 bridgehead atoms. The van der Waals surface area contributed by atoms with Crippen LogP contribution in [0.25, 0.3) is 21.1 Å². The first-order chi connectivity index (χ1) is 12.2. The van der Waals surface area contributed by atoms with Gasteiger partial charge in [0, 0.05) is 22.0 Å². The van der Waals surface area contributed by atoms with Gasteiger partial charge in [-0.25, -0.2) is 4.37 Å². The van der Waals surface area contributed by atoms with Gasteiger partial charge < -0.3 is 9.84 Å². The highest BCUT2D eigenvalue weighted by atomic mass is 32.1. The number of hydrogen-bond acceptors (Lipinski definition) is 6. The Kier molecular flexibility index (Phi) is 4.17. The first-order valence-electron chi connectivity index (χ1n) is 7.53. The van der Waals surface area contributed by atoms with Crippen LogP contribution in [0, 0.1) is 6.92 Å². The summed E-state index contributed by atoms with van der Waals surface area (Å²) >= 11 is 2.92. The molecule has 0 aliphatic carbocycles. The van der Waals surface area contributed by atoms with Crippen molar-refractivity contribution in [1.29, 1.82) is 0 Å². The van der Waals surface area contributed by atoms with Crippen molar-refractivity contribution in [2.45, 2.75) is 6.92 Å². The number of aryl methyl sites for hydroxylation is 1. The van der Waals surface area contributed by atoms with Crippen LogP contribution in [0.4, 0.5) is 5.69 Å². The number of benzene rings is 1. The molecule has 4 rings (SSSR count). The van der Waals surface area contributed by atoms with Crippen molar-refractivity contribution < 1.29 is 9.32 Å². The van der Waals surface area contributed by atoms with Gasteiger partial charge in [-0.1, -0.05) is 17.3 Å². The van der Waals surface area contributed by atoms with E-state index >= 15 is 0 Å². The summed E-state index contributed by atoms with van der Waals surface area (Å²) in [5.74, 6) is 0.619. The fourth-order valence-electron chi connectivity index (χ4n) is 2.46. The van der Waals surface area contributed by atoms with Gasteiger partial charge in [0.25, 0.3) is 5.91 Å². The Hall–Kier alpha value is -2.77. The van der Waals surface area contributed by atoms with Crippen LogP contribution in [0.15, 0.2) is 58.7 Å². The zero-order valence-electron chi connectivity index (χ0n) is 13.2. The van der Waals surface area contributed by atoms with Crippen molar-refractivity contribution >= 4 is 34.5 Å². The van der Waals surface area contributed by atoms with E-state index in [1.54, 1.807) is 29.1 Å². The van der Waals surface area contributed by atoms with Gasteiger partial charge >= 0.3 is 0 Å². The molecule has 3 heterocycles. The van der Waals surface area contributed by atoms with Crippen LogP contribution in [0.3, 0.4) is 0 Å². The van der Waals surface area contributed by atoms with Crippen molar-refractivity contribution in [3.05, 3.63) is 65.3 Å². The van der Waals surface area contributed by atoms with Gasteiger partial charge in [0.1, 0.15) is 0 Å². The minimum absolute atomic E-state index is 0.151. The van der Waals surface area contributed by atoms with Crippen LogP contribution in [0.1, 0.15) is 15.9 Å². The first kappa shape index (κ1) is 15.7. The SMILES string of the molecule is Cc1cc(-c2ccno2)sc1-c1ccc(NC(=O)c2cnsc2)cc1. The molecule has 7 heteroatoms. The highest BCUT2D eigenvalue weighted by molar-refractivity contribution is 7.19. The van der Waals surface area contributed by atoms with Gasteiger partial charge in [0.05, 0.1) is 22.8 Å². The lowest BCUT2D eigenvalue weighted by molar-refractivity contribution is 0.102. The Balaban J connectivity index is 1.55. The second-order valence-electron chi connectivity index (χ2n) is 5.44. The number of rotatable bonds is 4. The molecule has 0 aliphatic rings. The molecule has 1 N–H and O–H groups in total. The Morgan fingerprint density at radius 1 is 1.20 bits per heavy atom. The number of carbonyl (C=O) groups excluding carboxylic acids is 1. The van der Waals surface area contributed by atoms with E-state index < -0.39 is 0 Å². The molecule has 124 valence electrons. The number of amides is 1. The van der Waals surface area contributed by atoms with Crippen molar-refractivity contribution in [1.82, 2.24) is 9.53 Å². The van der Waals surface area contributed by atoms with Crippen LogP contribution in [0.2, 0.25) is 0 Å². The smallest absolute Gasteiger partial charge is 0.258 e. The summed E-state index contributed by atoms with van der Waals surface area (Å²) < 4.78 is 9.17. The molecule has 0 atom stereocenters. The molecule has 4 aromatic rings. The molecule has 1 amide bonds. The van der Waals surface area contributed by atoms with Crippen LogP contribution in [-0.2, 0) is 0 Å². The zero-order valence-corrected chi connectivity index (χ0v) is 14.9. The lowest BCUT2D eigenvalue weighted by Crippen LogP contribution is -2.10. The third-order valence-corrected chi connectivity index (χ3v) is 5.59. The monoisotopic (exact) mass is 367 g/mol. The number of thiophene rings is 1. The van der Waals surface area contributed by atoms with Gasteiger partial charge in [-0.2, -0.15) is 0 Å². The summed E-state index contributed by atoms with van der Waals surface area (Å²) in [7, 11) is 0. The third kappa shape index (κ3) is 3.24. The molecule has 0 aliphatic heterocycles. The molecule has 1 aromatic carbocycles. The second kappa shape index (κ2) is 6.62. The van der Waals surface area contributed by atoms with Crippen LogP contribution < -0.4 is 5.32 Å². The Bertz CT molecular complexity index is 988. The summed E-state index contributed by atoms with van der Waals surface area (Å²) in [5.41, 5.74) is 3.60. The van der Waals surface area contributed by atoms with Crippen LogP contribution in [0.5, 0.6) is 0 Å². The number of anilines is 1. The van der Waals surface area contributed by atoms with Gasteiger partial charge in [0.2, 0.25) is 0 Å². The average molecular weight is 367 g/mol. The molecule has 0 saturated carbocycles. The van der Waals surface area contributed by atoms with Crippen LogP contribution in [-0.4, -0.2) is 15.4 Å². The number of carbonyl (C=O) groups is 1. The predicted octanol–water partition coefficient (Wildman–Crippen LogP) is 5.09. The van der Waals surface area contributed by atoms with E-state index in [1.807, 2.05) is 30.3 Å². The summed E-state index contributed by atoms with van der Waals surface area (Å²) in [4.78, 5) is 14.3. The maximum Gasteiger partial charge on any atom is 0.258 e. The third-order valence-electron chi connectivity index (χ3n) is 3.70. The standard InChI is InChI=1S/C18H13N3O2S2/c1-11-8-16(15-6-7-19-23-15)25-17(11)12-2-4-14(5-3-12)21-18(22)13-9-20-24-10-13/h2-10H,1H3,(H,21,22). The number of nitrogens with one attached hydrogen (secondary N) is 1. The van der Waals surface area contributed by atoms with Crippen molar-refractivity contribution in [2.75, 3.05) is 5.32 Å². The summed E-state index contributed by atoms with van der Waals surface area (Å²) in [5, 5.41) is 8.36. The number of aromatic nitrogens is 2. The van der Waals surface area contributed by atoms with Gasteiger partial charge in [-0.15, -0.1) is 11.3 Å². The van der Waals surface area contributed by atoms with E-state index in [1.165, 1.54) is 22.0 Å². The van der Waals surface area contributed by atoms with E-state index in [0.717, 1.165) is 21.9 Å². The van der Waals surface area contributed by atoms with Gasteiger partial charge in [-0.05, 0) is 47.8 Å². The number of hydrogen-bond donors (Lipinski definition) is 1. The molecule has 5 nitrogen and oxygen atoms in total. The van der Waals surface area contributed by atoms with Gasteiger partial charge in [-0.3, -0.25) is 4.79 Å². The lowest BCUT2D eigenvalue weighted by Gasteiger charge is -2.05. The molecule has 0 spiro atoms. The van der Waals surface area contributed by atoms with Crippen molar-refractivity contribution in [2.24, 2.45) is 0 Å². The summed E-state index contributed by atoms with van der Waals surface area (Å²) in [6.07, 6.45) is 3.21. The van der Waals surface area contributed by atoms with Crippen LogP contribution >= 0.6 is 22.9 Å². The second-order valence-corrected chi connectivity index (χ2v) is 7.15. The largest absolute Gasteiger partial charge is 0.355 e. The zero-order chi connectivity index (χ0) is 17.2. The fourth-order valence-corrected chi connectivity index (χ4v) is 4.11. The highest BCUT2D eigenvalue weighted by Crippen LogP contribution is 2.38. The highest BCUT2D eigenvalue weighted by Gasteiger charge is 2.12. The maximum absolute atomic E-state index is 12.1. The quantitative estimate of drug-likeness (QED) is 0.546. The molecule has 25 heavy (non-hydrogen) atoms. The van der Waals surface area contributed by atoms with E-state index in [4.69, 9.17) is 4.52 Å². The molecule has 0 unspecified atom stereocenters. The Labute approximate surface area is 152 Å². The summed E-state index contributed by atoms with van der Waals surface area (Å²) in [6.45, 7) is 2.07. The van der Waals surface area contributed by atoms with Crippen molar-refractivity contribution in [3.8, 4) is 21.1 Å². The first-order valence-corrected chi connectivity index (χ1v) is 9.18. The maximum atomic E-state index is 12.1. The van der Waals surface area contributed by atoms with Crippen molar-refractivity contribution in [3.63, 3.8) is 0 Å². The average Bonchev–Trinajstić information content (AvgIpc) is 3.37. The minimum atomic E-state index is -0.151. The van der Waals surface area contributed by atoms with Gasteiger partial charge in [0.15, 0.2) is 5.76 Å². The predicted molar refractivity (Wildman–Crippen MR) is 100 cm³/mol. The normalized spacial score (nSPS) is 10.8. The Morgan fingerprint density at radius 2 is 2.04 bits per heavy atom. The fraction of sp³-hybridized carbons (Fsp3) is 0.0556. The molecule has 0 fully saturated rings. The molecular formula is C18H13N3O2S2. The van der Waals surface area contributed by atoms with E-state index in [9.17, 15) is 4.79 Å². The lowest BCUT2D eigenvalue weighted by atomic mass is 10.1. The molecule has 0 radical (unpaired) electrons. The van der Waals surface area contributed by atoms with E-state index in [-0.39, 0.29) is 5.91 Å². The molecule has 3 aromatic heterocycles. The molecular weight excluding hydrogens is 354 g/mol. The Morgan fingerprint density at radius 3 is 2.72 bits per heavy atom. The topological polar surface area (TPSA) is 68.0 Å². The minimum Gasteiger partial charge on any atom is -0.355 e. The van der Waals surface area contributed by atoms with E-state index in [0.29, 0.717) is 5.56 Å². The summed E-state index contributed by atoms with van der Waals surface area (Å²) in [6, 6.07) is 11.8. The van der Waals surface area contributed by atoms with E-state index in [2.05, 4.69) is 27.8 Å². The number of nitrogens with zero attached hydrogens (tertiary/aromatic N) is 2.